The average Bonchev–Trinajstić information content (AvgIpc) is 2.29. The predicted molar refractivity (Wildman–Crippen MR) is 73.6 cm³/mol. The molecule has 0 bridgehead atoms. The number of ether oxygens (including phenoxy) is 1. The molecule has 0 aliphatic carbocycles. The van der Waals surface area contributed by atoms with E-state index in [9.17, 15) is 0 Å². The number of methoxy groups -OCH3 is 1. The molecule has 0 amide bonds. The second kappa shape index (κ2) is 6.74. The zero-order valence-corrected chi connectivity index (χ0v) is 11.0. The van der Waals surface area contributed by atoms with Gasteiger partial charge in [0.2, 0.25) is 0 Å². The molecule has 1 heteroatoms. The van der Waals surface area contributed by atoms with E-state index in [1.54, 1.807) is 7.11 Å². The number of aryl methyl sites for hydroxylation is 3. The minimum Gasteiger partial charge on any atom is -0.497 e. The Labute approximate surface area is 104 Å². The minimum absolute atomic E-state index is 0.910. The van der Waals surface area contributed by atoms with Crippen LogP contribution in [0.5, 0.6) is 5.75 Å². The van der Waals surface area contributed by atoms with Gasteiger partial charge in [-0.05, 0) is 32.9 Å². The molecule has 1 nitrogen and oxygen atoms in total. The smallest absolute Gasteiger partial charge is 0.118 e. The van der Waals surface area contributed by atoms with Crippen LogP contribution in [0.3, 0.4) is 0 Å². The lowest BCUT2D eigenvalue weighted by Crippen LogP contribution is -1.78. The third-order valence-electron chi connectivity index (χ3n) is 2.34. The van der Waals surface area contributed by atoms with Gasteiger partial charge < -0.3 is 4.74 Å². The Morgan fingerprint density at radius 3 is 1.41 bits per heavy atom. The first-order chi connectivity index (χ1) is 8.11. The second-order valence-electron chi connectivity index (χ2n) is 4.18. The minimum atomic E-state index is 0.910. The van der Waals surface area contributed by atoms with E-state index < -0.39 is 0 Å². The van der Waals surface area contributed by atoms with Crippen LogP contribution in [0.25, 0.3) is 0 Å². The highest BCUT2D eigenvalue weighted by Gasteiger charge is 1.87. The molecule has 0 radical (unpaired) electrons. The molecule has 0 aliphatic rings. The molecule has 0 atom stereocenters. The molecule has 2 rings (SSSR count). The predicted octanol–water partition coefficient (Wildman–Crippen LogP) is 4.31. The van der Waals surface area contributed by atoms with Crippen molar-refractivity contribution in [3.05, 3.63) is 65.2 Å². The van der Waals surface area contributed by atoms with E-state index in [2.05, 4.69) is 39.0 Å². The molecule has 2 aromatic rings. The van der Waals surface area contributed by atoms with Crippen molar-refractivity contribution in [1.82, 2.24) is 0 Å². The zero-order valence-electron chi connectivity index (χ0n) is 11.0. The van der Waals surface area contributed by atoms with Crippen LogP contribution < -0.4 is 4.74 Å². The Kier molecular flexibility index (Phi) is 5.28. The molecule has 17 heavy (non-hydrogen) atoms. The summed E-state index contributed by atoms with van der Waals surface area (Å²) in [6, 6.07) is 16.2. The van der Waals surface area contributed by atoms with E-state index in [-0.39, 0.29) is 0 Å². The van der Waals surface area contributed by atoms with Gasteiger partial charge in [-0.15, -0.1) is 0 Å². The Bertz CT molecular complexity index is 396. The van der Waals surface area contributed by atoms with E-state index in [1.165, 1.54) is 16.7 Å². The summed E-state index contributed by atoms with van der Waals surface area (Å²) in [6.45, 7) is 6.38. The fourth-order valence-corrected chi connectivity index (χ4v) is 1.76. The lowest BCUT2D eigenvalue weighted by molar-refractivity contribution is 0.415. The molecule has 0 aromatic heterocycles. The van der Waals surface area contributed by atoms with Crippen molar-refractivity contribution in [2.24, 2.45) is 0 Å². The number of hydrogen-bond acceptors (Lipinski definition) is 1. The molecule has 0 heterocycles. The van der Waals surface area contributed by atoms with Crippen molar-refractivity contribution in [1.29, 1.82) is 0 Å². The fraction of sp³-hybridized carbons (Fsp3) is 0.250. The van der Waals surface area contributed by atoms with E-state index in [0.717, 1.165) is 5.75 Å². The first-order valence-electron chi connectivity index (χ1n) is 5.76. The normalized spacial score (nSPS) is 9.18. The van der Waals surface area contributed by atoms with Crippen LogP contribution in [-0.2, 0) is 0 Å². The summed E-state index contributed by atoms with van der Waals surface area (Å²) < 4.78 is 4.91. The van der Waals surface area contributed by atoms with Crippen molar-refractivity contribution in [3.63, 3.8) is 0 Å². The molecule has 0 unspecified atom stereocenters. The van der Waals surface area contributed by atoms with Crippen molar-refractivity contribution in [3.8, 4) is 5.75 Å². The van der Waals surface area contributed by atoms with Gasteiger partial charge in [0, 0.05) is 0 Å². The van der Waals surface area contributed by atoms with Gasteiger partial charge in [-0.3, -0.25) is 0 Å². The molecule has 0 N–H and O–H groups in total. The van der Waals surface area contributed by atoms with Crippen LogP contribution in [0.15, 0.2) is 48.5 Å². The lowest BCUT2D eigenvalue weighted by Gasteiger charge is -1.96. The second-order valence-corrected chi connectivity index (χ2v) is 4.18. The summed E-state index contributed by atoms with van der Waals surface area (Å²) >= 11 is 0. The SMILES string of the molecule is COc1ccccc1.Cc1cc(C)cc(C)c1. The van der Waals surface area contributed by atoms with Crippen molar-refractivity contribution in [2.45, 2.75) is 20.8 Å². The van der Waals surface area contributed by atoms with Crippen LogP contribution in [-0.4, -0.2) is 7.11 Å². The third kappa shape index (κ3) is 5.21. The standard InChI is InChI=1S/C9H12.C7H8O/c1-7-4-8(2)6-9(3)5-7;1-8-7-5-3-2-4-6-7/h4-6H,1-3H3;2-6H,1H3. The van der Waals surface area contributed by atoms with Gasteiger partial charge in [0.05, 0.1) is 7.11 Å². The lowest BCUT2D eigenvalue weighted by atomic mass is 10.1. The van der Waals surface area contributed by atoms with Crippen molar-refractivity contribution in [2.75, 3.05) is 7.11 Å². The third-order valence-corrected chi connectivity index (χ3v) is 2.34. The van der Waals surface area contributed by atoms with Crippen LogP contribution >= 0.6 is 0 Å². The molecule has 90 valence electrons. The maximum absolute atomic E-state index is 4.91. The van der Waals surface area contributed by atoms with Gasteiger partial charge in [0.25, 0.3) is 0 Å². The van der Waals surface area contributed by atoms with Gasteiger partial charge in [-0.25, -0.2) is 0 Å². The molecule has 0 aliphatic heterocycles. The van der Waals surface area contributed by atoms with Crippen LogP contribution in [0.1, 0.15) is 16.7 Å². The highest BCUT2D eigenvalue weighted by atomic mass is 16.5. The Morgan fingerprint density at radius 1 is 0.706 bits per heavy atom. The summed E-state index contributed by atoms with van der Waals surface area (Å²) in [4.78, 5) is 0. The average molecular weight is 228 g/mol. The Morgan fingerprint density at radius 2 is 1.12 bits per heavy atom. The van der Waals surface area contributed by atoms with E-state index in [1.807, 2.05) is 30.3 Å². The number of hydrogen-bond donors (Lipinski definition) is 0. The Balaban J connectivity index is 0.000000171. The number of benzene rings is 2. The molecular weight excluding hydrogens is 208 g/mol. The summed E-state index contributed by atoms with van der Waals surface area (Å²) in [5.41, 5.74) is 4.06. The maximum Gasteiger partial charge on any atom is 0.118 e. The van der Waals surface area contributed by atoms with Gasteiger partial charge in [-0.2, -0.15) is 0 Å². The van der Waals surface area contributed by atoms with E-state index >= 15 is 0 Å². The van der Waals surface area contributed by atoms with E-state index in [4.69, 9.17) is 4.74 Å². The Hall–Kier alpha value is -1.76. The molecular formula is C16H20O. The monoisotopic (exact) mass is 228 g/mol. The van der Waals surface area contributed by atoms with Gasteiger partial charge in [0.1, 0.15) is 5.75 Å². The highest BCUT2D eigenvalue weighted by molar-refractivity contribution is 5.27. The molecule has 2 aromatic carbocycles. The summed E-state index contributed by atoms with van der Waals surface area (Å²) in [6.07, 6.45) is 0. The van der Waals surface area contributed by atoms with Crippen molar-refractivity contribution >= 4 is 0 Å². The van der Waals surface area contributed by atoms with E-state index in [0.29, 0.717) is 0 Å². The first kappa shape index (κ1) is 13.3. The summed E-state index contributed by atoms with van der Waals surface area (Å²) in [5, 5.41) is 0. The van der Waals surface area contributed by atoms with Crippen molar-refractivity contribution < 1.29 is 4.74 Å². The quantitative estimate of drug-likeness (QED) is 0.706. The molecule has 0 spiro atoms. The fourth-order valence-electron chi connectivity index (χ4n) is 1.76. The topological polar surface area (TPSA) is 9.23 Å². The highest BCUT2D eigenvalue weighted by Crippen LogP contribution is 2.06. The zero-order chi connectivity index (χ0) is 12.7. The first-order valence-corrected chi connectivity index (χ1v) is 5.76. The molecule has 0 fully saturated rings. The van der Waals surface area contributed by atoms with Gasteiger partial charge >= 0.3 is 0 Å². The molecule has 0 saturated carbocycles. The number of rotatable bonds is 1. The van der Waals surface area contributed by atoms with Crippen LogP contribution in [0, 0.1) is 20.8 Å². The van der Waals surface area contributed by atoms with Gasteiger partial charge in [0.15, 0.2) is 0 Å². The van der Waals surface area contributed by atoms with Gasteiger partial charge in [-0.1, -0.05) is 53.1 Å². The largest absolute Gasteiger partial charge is 0.497 e. The maximum atomic E-state index is 4.91. The summed E-state index contributed by atoms with van der Waals surface area (Å²) in [7, 11) is 1.66. The summed E-state index contributed by atoms with van der Waals surface area (Å²) in [5.74, 6) is 0.910. The van der Waals surface area contributed by atoms with Crippen LogP contribution in [0.2, 0.25) is 0 Å². The van der Waals surface area contributed by atoms with Crippen LogP contribution in [0.4, 0.5) is 0 Å². The number of para-hydroxylation sites is 1. The molecule has 0 saturated heterocycles.